The molecule has 19 heavy (non-hydrogen) atoms. The van der Waals surface area contributed by atoms with Crippen molar-refractivity contribution in [1.29, 1.82) is 0 Å². The number of hydrogen-bond donors (Lipinski definition) is 1. The smallest absolute Gasteiger partial charge is 0.234 e. The summed E-state index contributed by atoms with van der Waals surface area (Å²) in [4.78, 5) is 17.4. The number of amides is 1. The molecule has 0 spiro atoms. The van der Waals surface area contributed by atoms with Gasteiger partial charge >= 0.3 is 0 Å². The Bertz CT molecular complexity index is 429. The van der Waals surface area contributed by atoms with E-state index in [2.05, 4.69) is 37.9 Å². The molecule has 1 saturated heterocycles. The van der Waals surface area contributed by atoms with Crippen molar-refractivity contribution in [3.8, 4) is 0 Å². The topological polar surface area (TPSA) is 49.6 Å². The largest absolute Gasteiger partial charge is 0.368 e. The van der Waals surface area contributed by atoms with E-state index in [1.807, 2.05) is 6.92 Å². The van der Waals surface area contributed by atoms with Crippen LogP contribution in [-0.2, 0) is 11.3 Å². The van der Waals surface area contributed by atoms with E-state index in [9.17, 15) is 4.79 Å². The number of carbonyl (C=O) groups excluding carboxylic acids is 1. The fourth-order valence-corrected chi connectivity index (χ4v) is 4.06. The summed E-state index contributed by atoms with van der Waals surface area (Å²) in [7, 11) is 0. The summed E-state index contributed by atoms with van der Waals surface area (Å²) in [6.45, 7) is 6.86. The molecule has 0 saturated carbocycles. The van der Waals surface area contributed by atoms with Gasteiger partial charge in [0, 0.05) is 37.6 Å². The van der Waals surface area contributed by atoms with Crippen molar-refractivity contribution >= 4 is 33.2 Å². The molecule has 2 rings (SSSR count). The second kappa shape index (κ2) is 6.83. The Balaban J connectivity index is 1.83. The average Bonchev–Trinajstić information content (AvgIpc) is 2.77. The monoisotopic (exact) mass is 345 g/mol. The molecule has 1 aromatic rings. The van der Waals surface area contributed by atoms with Gasteiger partial charge in [-0.05, 0) is 34.5 Å². The van der Waals surface area contributed by atoms with Crippen LogP contribution in [-0.4, -0.2) is 47.9 Å². The standard InChI is InChI=1S/C13H20BrN3OS/c1-2-11(13(15)18)17-7-5-16(6-8-17)9-10-3-4-12(14)19-10/h3-4,11H,2,5-9H2,1H3,(H2,15,18)/t11-/m0/s1. The molecule has 2 heterocycles. The van der Waals surface area contributed by atoms with Gasteiger partial charge in [0.15, 0.2) is 0 Å². The summed E-state index contributed by atoms with van der Waals surface area (Å²) in [5, 5.41) is 0. The predicted octanol–water partition coefficient (Wildman–Crippen LogP) is 1.89. The van der Waals surface area contributed by atoms with Crippen LogP contribution in [0.3, 0.4) is 0 Å². The molecule has 2 N–H and O–H groups in total. The predicted molar refractivity (Wildman–Crippen MR) is 82.1 cm³/mol. The maximum Gasteiger partial charge on any atom is 0.234 e. The maximum absolute atomic E-state index is 11.4. The summed E-state index contributed by atoms with van der Waals surface area (Å²) in [5.74, 6) is -0.196. The van der Waals surface area contributed by atoms with Crippen molar-refractivity contribution in [3.05, 3.63) is 20.8 Å². The fraction of sp³-hybridized carbons (Fsp3) is 0.615. The molecule has 0 bridgehead atoms. The lowest BCUT2D eigenvalue weighted by Gasteiger charge is -2.37. The molecule has 0 radical (unpaired) electrons. The van der Waals surface area contributed by atoms with Crippen molar-refractivity contribution in [3.63, 3.8) is 0 Å². The van der Waals surface area contributed by atoms with Gasteiger partial charge in [0.2, 0.25) is 5.91 Å². The van der Waals surface area contributed by atoms with Crippen molar-refractivity contribution in [2.24, 2.45) is 5.73 Å². The van der Waals surface area contributed by atoms with Gasteiger partial charge in [0.25, 0.3) is 0 Å². The first kappa shape index (κ1) is 15.0. The number of nitrogens with zero attached hydrogens (tertiary/aromatic N) is 2. The lowest BCUT2D eigenvalue weighted by Crippen LogP contribution is -2.53. The number of nitrogens with two attached hydrogens (primary N) is 1. The molecule has 1 aliphatic rings. The molecule has 0 unspecified atom stereocenters. The van der Waals surface area contributed by atoms with E-state index >= 15 is 0 Å². The van der Waals surface area contributed by atoms with Crippen molar-refractivity contribution in [2.45, 2.75) is 25.9 Å². The third-order valence-electron chi connectivity index (χ3n) is 3.57. The number of thiophene rings is 1. The normalized spacial score (nSPS) is 19.5. The summed E-state index contributed by atoms with van der Waals surface area (Å²) in [6.07, 6.45) is 0.799. The zero-order valence-corrected chi connectivity index (χ0v) is 13.5. The Labute approximate surface area is 126 Å². The van der Waals surface area contributed by atoms with E-state index in [1.165, 1.54) is 8.66 Å². The first-order valence-corrected chi connectivity index (χ1v) is 8.21. The first-order valence-electron chi connectivity index (χ1n) is 6.60. The van der Waals surface area contributed by atoms with E-state index in [0.717, 1.165) is 39.1 Å². The summed E-state index contributed by atoms with van der Waals surface area (Å²) >= 11 is 5.28. The Hall–Kier alpha value is -0.430. The van der Waals surface area contributed by atoms with Crippen LogP contribution in [0.1, 0.15) is 18.2 Å². The Morgan fingerprint density at radius 1 is 1.42 bits per heavy atom. The van der Waals surface area contributed by atoms with Crippen LogP contribution in [0.15, 0.2) is 15.9 Å². The minimum absolute atomic E-state index is 0.0990. The molecule has 1 amide bonds. The van der Waals surface area contributed by atoms with Crippen molar-refractivity contribution < 1.29 is 4.79 Å². The SMILES string of the molecule is CC[C@@H](C(N)=O)N1CCN(Cc2ccc(Br)s2)CC1. The van der Waals surface area contributed by atoms with Crippen LogP contribution in [0, 0.1) is 0 Å². The molecule has 1 aromatic heterocycles. The van der Waals surface area contributed by atoms with Gasteiger partial charge in [-0.3, -0.25) is 14.6 Å². The first-order chi connectivity index (χ1) is 9.10. The van der Waals surface area contributed by atoms with E-state index < -0.39 is 0 Å². The molecule has 1 fully saturated rings. The van der Waals surface area contributed by atoms with Crippen LogP contribution >= 0.6 is 27.3 Å². The Morgan fingerprint density at radius 3 is 2.58 bits per heavy atom. The third kappa shape index (κ3) is 4.02. The van der Waals surface area contributed by atoms with Gasteiger partial charge in [-0.1, -0.05) is 6.92 Å². The van der Waals surface area contributed by atoms with Crippen LogP contribution in [0.2, 0.25) is 0 Å². The minimum Gasteiger partial charge on any atom is -0.368 e. The van der Waals surface area contributed by atoms with Crippen molar-refractivity contribution in [2.75, 3.05) is 26.2 Å². The highest BCUT2D eigenvalue weighted by Gasteiger charge is 2.26. The molecule has 4 nitrogen and oxygen atoms in total. The van der Waals surface area contributed by atoms with Gasteiger partial charge in [-0.15, -0.1) is 11.3 Å². The lowest BCUT2D eigenvalue weighted by atomic mass is 10.1. The molecule has 1 aliphatic heterocycles. The molecule has 0 aromatic carbocycles. The van der Waals surface area contributed by atoms with Gasteiger partial charge in [-0.2, -0.15) is 0 Å². The Morgan fingerprint density at radius 2 is 2.11 bits per heavy atom. The van der Waals surface area contributed by atoms with Gasteiger partial charge in [-0.25, -0.2) is 0 Å². The van der Waals surface area contributed by atoms with Gasteiger partial charge in [0.05, 0.1) is 9.83 Å². The second-order valence-electron chi connectivity index (χ2n) is 4.84. The van der Waals surface area contributed by atoms with Crippen LogP contribution < -0.4 is 5.73 Å². The van der Waals surface area contributed by atoms with E-state index in [0.29, 0.717) is 0 Å². The van der Waals surface area contributed by atoms with Crippen LogP contribution in [0.5, 0.6) is 0 Å². The van der Waals surface area contributed by atoms with E-state index in [1.54, 1.807) is 11.3 Å². The quantitative estimate of drug-likeness (QED) is 0.886. The number of carbonyl (C=O) groups is 1. The highest BCUT2D eigenvalue weighted by atomic mass is 79.9. The van der Waals surface area contributed by atoms with E-state index in [-0.39, 0.29) is 11.9 Å². The van der Waals surface area contributed by atoms with Crippen LogP contribution in [0.4, 0.5) is 0 Å². The summed E-state index contributed by atoms with van der Waals surface area (Å²) in [6, 6.07) is 4.16. The zero-order valence-electron chi connectivity index (χ0n) is 11.1. The molecule has 1 atom stereocenters. The zero-order chi connectivity index (χ0) is 13.8. The van der Waals surface area contributed by atoms with E-state index in [4.69, 9.17) is 5.73 Å². The molecule has 6 heteroatoms. The van der Waals surface area contributed by atoms with Crippen LogP contribution in [0.25, 0.3) is 0 Å². The summed E-state index contributed by atoms with van der Waals surface area (Å²) < 4.78 is 1.18. The average molecular weight is 346 g/mol. The number of hydrogen-bond acceptors (Lipinski definition) is 4. The number of piperazine rings is 1. The molecule has 106 valence electrons. The minimum atomic E-state index is -0.196. The van der Waals surface area contributed by atoms with Crippen molar-refractivity contribution in [1.82, 2.24) is 9.80 Å². The molecular weight excluding hydrogens is 326 g/mol. The maximum atomic E-state index is 11.4. The summed E-state index contributed by atoms with van der Waals surface area (Å²) in [5.41, 5.74) is 5.44. The third-order valence-corrected chi connectivity index (χ3v) is 5.18. The lowest BCUT2D eigenvalue weighted by molar-refractivity contribution is -0.124. The highest BCUT2D eigenvalue weighted by Crippen LogP contribution is 2.23. The second-order valence-corrected chi connectivity index (χ2v) is 7.39. The van der Waals surface area contributed by atoms with Gasteiger partial charge < -0.3 is 5.73 Å². The number of halogens is 1. The Kier molecular flexibility index (Phi) is 5.38. The highest BCUT2D eigenvalue weighted by molar-refractivity contribution is 9.11. The molecular formula is C13H20BrN3OS. The number of primary amides is 1. The number of rotatable bonds is 5. The van der Waals surface area contributed by atoms with Gasteiger partial charge in [0.1, 0.15) is 0 Å². The molecule has 0 aliphatic carbocycles. The fourth-order valence-electron chi connectivity index (χ4n) is 2.53.